The molecular formula is C24H25P. The normalized spacial score (nSPS) is 11.7. The van der Waals surface area contributed by atoms with Gasteiger partial charge in [0.2, 0.25) is 0 Å². The molecule has 0 N–H and O–H groups in total. The van der Waals surface area contributed by atoms with Gasteiger partial charge in [0.25, 0.3) is 0 Å². The fourth-order valence-electron chi connectivity index (χ4n) is 2.93. The largest absolute Gasteiger partial charge is 0.0654 e. The van der Waals surface area contributed by atoms with Crippen LogP contribution in [0.25, 0.3) is 5.57 Å². The average molecular weight is 344 g/mol. The molecule has 0 aliphatic carbocycles. The average Bonchev–Trinajstić information content (AvgIpc) is 2.70. The van der Waals surface area contributed by atoms with Crippen LogP contribution < -0.4 is 10.6 Å². The van der Waals surface area contributed by atoms with E-state index in [0.29, 0.717) is 0 Å². The van der Waals surface area contributed by atoms with Crippen molar-refractivity contribution < 1.29 is 0 Å². The van der Waals surface area contributed by atoms with Crippen molar-refractivity contribution in [2.75, 3.05) is 0 Å². The fraction of sp³-hybridized carbons (Fsp3) is 0.167. The third-order valence-electron chi connectivity index (χ3n) is 4.30. The Labute approximate surface area is 153 Å². The highest BCUT2D eigenvalue weighted by atomic mass is 31.1. The molecule has 0 heterocycles. The Morgan fingerprint density at radius 1 is 0.720 bits per heavy atom. The number of allylic oxidation sites excluding steroid dienone is 1. The first-order valence-electron chi connectivity index (χ1n) is 9.04. The summed E-state index contributed by atoms with van der Waals surface area (Å²) in [6.45, 7) is 2.26. The van der Waals surface area contributed by atoms with Gasteiger partial charge in [-0.05, 0) is 48.3 Å². The van der Waals surface area contributed by atoms with Crippen LogP contribution in [0.4, 0.5) is 0 Å². The topological polar surface area (TPSA) is 0 Å². The maximum Gasteiger partial charge on any atom is -0.0157 e. The minimum atomic E-state index is -0.492. The summed E-state index contributed by atoms with van der Waals surface area (Å²) in [6, 6.07) is 32.7. The summed E-state index contributed by atoms with van der Waals surface area (Å²) in [7, 11) is -0.492. The lowest BCUT2D eigenvalue weighted by molar-refractivity contribution is 0.825. The molecule has 0 saturated heterocycles. The minimum Gasteiger partial charge on any atom is -0.0654 e. The molecule has 25 heavy (non-hydrogen) atoms. The quantitative estimate of drug-likeness (QED) is 0.438. The number of benzene rings is 3. The van der Waals surface area contributed by atoms with E-state index in [0.717, 1.165) is 6.42 Å². The van der Waals surface area contributed by atoms with Gasteiger partial charge >= 0.3 is 0 Å². The van der Waals surface area contributed by atoms with Crippen molar-refractivity contribution in [2.45, 2.75) is 26.2 Å². The van der Waals surface area contributed by atoms with E-state index in [9.17, 15) is 0 Å². The Bertz CT molecular complexity index is 737. The molecule has 1 heteroatoms. The number of hydrogen-bond acceptors (Lipinski definition) is 0. The smallest absolute Gasteiger partial charge is 0.0157 e. The van der Waals surface area contributed by atoms with Crippen molar-refractivity contribution >= 4 is 24.1 Å². The Morgan fingerprint density at radius 2 is 1.20 bits per heavy atom. The minimum absolute atomic E-state index is 0.492. The molecule has 3 aromatic rings. The molecule has 0 aliphatic heterocycles. The summed E-state index contributed by atoms with van der Waals surface area (Å²) >= 11 is 0. The SMILES string of the molecule is CCCC/C(=C\P(c1ccccc1)c1ccccc1)c1ccccc1. The third kappa shape index (κ3) is 4.91. The van der Waals surface area contributed by atoms with Crippen LogP contribution in [-0.2, 0) is 0 Å². The van der Waals surface area contributed by atoms with Gasteiger partial charge in [-0.25, -0.2) is 0 Å². The van der Waals surface area contributed by atoms with Crippen LogP contribution in [0.15, 0.2) is 96.8 Å². The predicted octanol–water partition coefficient (Wildman–Crippen LogP) is 6.35. The van der Waals surface area contributed by atoms with Crippen molar-refractivity contribution in [1.29, 1.82) is 0 Å². The lowest BCUT2D eigenvalue weighted by Gasteiger charge is -2.18. The Hall–Kier alpha value is -2.17. The monoisotopic (exact) mass is 344 g/mol. The fourth-order valence-corrected chi connectivity index (χ4v) is 5.11. The van der Waals surface area contributed by atoms with E-state index in [1.807, 2.05) is 0 Å². The molecule has 0 amide bonds. The van der Waals surface area contributed by atoms with Crippen LogP contribution >= 0.6 is 7.92 Å². The second kappa shape index (κ2) is 9.35. The Morgan fingerprint density at radius 3 is 1.68 bits per heavy atom. The van der Waals surface area contributed by atoms with E-state index in [1.165, 1.54) is 34.6 Å². The molecule has 0 spiro atoms. The highest BCUT2D eigenvalue weighted by Crippen LogP contribution is 2.39. The first-order chi connectivity index (χ1) is 12.4. The van der Waals surface area contributed by atoms with Crippen LogP contribution in [0.5, 0.6) is 0 Å². The number of unbranched alkanes of at least 4 members (excludes halogenated alkanes) is 1. The molecule has 0 atom stereocenters. The summed E-state index contributed by atoms with van der Waals surface area (Å²) < 4.78 is 0. The Balaban J connectivity index is 2.05. The first kappa shape index (κ1) is 17.6. The molecule has 0 fully saturated rings. The highest BCUT2D eigenvalue weighted by molar-refractivity contribution is 7.76. The van der Waals surface area contributed by atoms with Crippen molar-refractivity contribution in [3.05, 3.63) is 102 Å². The highest BCUT2D eigenvalue weighted by Gasteiger charge is 2.13. The van der Waals surface area contributed by atoms with E-state index < -0.39 is 7.92 Å². The van der Waals surface area contributed by atoms with Gasteiger partial charge in [0.05, 0.1) is 0 Å². The van der Waals surface area contributed by atoms with Crippen molar-refractivity contribution in [3.8, 4) is 0 Å². The van der Waals surface area contributed by atoms with Crippen LogP contribution in [0.1, 0.15) is 31.7 Å². The predicted molar refractivity (Wildman–Crippen MR) is 113 cm³/mol. The molecule has 3 aromatic carbocycles. The zero-order chi connectivity index (χ0) is 17.3. The second-order valence-corrected chi connectivity index (χ2v) is 8.20. The van der Waals surface area contributed by atoms with E-state index >= 15 is 0 Å². The molecule has 0 saturated carbocycles. The van der Waals surface area contributed by atoms with Gasteiger partial charge in [0.1, 0.15) is 0 Å². The van der Waals surface area contributed by atoms with Crippen molar-refractivity contribution in [1.82, 2.24) is 0 Å². The lowest BCUT2D eigenvalue weighted by atomic mass is 10.0. The number of rotatable bonds is 7. The van der Waals surface area contributed by atoms with E-state index in [2.05, 4.69) is 104 Å². The molecular weight excluding hydrogens is 319 g/mol. The summed E-state index contributed by atoms with van der Waals surface area (Å²) in [4.78, 5) is 0. The number of hydrogen-bond donors (Lipinski definition) is 0. The third-order valence-corrected chi connectivity index (χ3v) is 6.58. The van der Waals surface area contributed by atoms with Gasteiger partial charge in [-0.2, -0.15) is 0 Å². The summed E-state index contributed by atoms with van der Waals surface area (Å²) in [5, 5.41) is 2.82. The van der Waals surface area contributed by atoms with Crippen LogP contribution in [-0.4, -0.2) is 0 Å². The molecule has 3 rings (SSSR count). The molecule has 0 aromatic heterocycles. The van der Waals surface area contributed by atoms with Gasteiger partial charge in [-0.15, -0.1) is 0 Å². The van der Waals surface area contributed by atoms with Gasteiger partial charge in [-0.1, -0.05) is 104 Å². The summed E-state index contributed by atoms with van der Waals surface area (Å²) in [5.74, 6) is 2.53. The van der Waals surface area contributed by atoms with Gasteiger partial charge in [0, 0.05) is 0 Å². The first-order valence-corrected chi connectivity index (χ1v) is 10.4. The summed E-state index contributed by atoms with van der Waals surface area (Å²) in [5.41, 5.74) is 2.83. The molecule has 126 valence electrons. The van der Waals surface area contributed by atoms with Gasteiger partial charge < -0.3 is 0 Å². The Kier molecular flexibility index (Phi) is 6.60. The zero-order valence-electron chi connectivity index (χ0n) is 14.8. The standard InChI is InChI=1S/C24H25P/c1-2-3-13-22(21-14-7-4-8-15-21)20-25(23-16-9-5-10-17-23)24-18-11-6-12-19-24/h4-12,14-20H,2-3,13H2,1H3/b22-20+. The maximum absolute atomic E-state index is 2.53. The van der Waals surface area contributed by atoms with E-state index in [4.69, 9.17) is 0 Å². The van der Waals surface area contributed by atoms with Crippen LogP contribution in [0.2, 0.25) is 0 Å². The van der Waals surface area contributed by atoms with E-state index in [-0.39, 0.29) is 0 Å². The van der Waals surface area contributed by atoms with Crippen molar-refractivity contribution in [2.24, 2.45) is 0 Å². The zero-order valence-corrected chi connectivity index (χ0v) is 15.7. The molecule has 0 aliphatic rings. The van der Waals surface area contributed by atoms with Gasteiger partial charge in [0.15, 0.2) is 0 Å². The van der Waals surface area contributed by atoms with Crippen LogP contribution in [0, 0.1) is 0 Å². The lowest BCUT2D eigenvalue weighted by Crippen LogP contribution is -2.10. The molecule has 0 bridgehead atoms. The summed E-state index contributed by atoms with van der Waals surface area (Å²) in [6.07, 6.45) is 3.59. The maximum atomic E-state index is 2.53. The molecule has 0 unspecified atom stereocenters. The van der Waals surface area contributed by atoms with E-state index in [1.54, 1.807) is 0 Å². The molecule has 0 radical (unpaired) electrons. The van der Waals surface area contributed by atoms with Gasteiger partial charge in [-0.3, -0.25) is 0 Å². The second-order valence-electron chi connectivity index (χ2n) is 6.17. The van der Waals surface area contributed by atoms with Crippen LogP contribution in [0.3, 0.4) is 0 Å². The van der Waals surface area contributed by atoms with Crippen molar-refractivity contribution in [3.63, 3.8) is 0 Å². The molecule has 0 nitrogen and oxygen atoms in total.